The summed E-state index contributed by atoms with van der Waals surface area (Å²) in [5.74, 6) is 7.30. The van der Waals surface area contributed by atoms with E-state index in [-0.39, 0.29) is 0 Å². The van der Waals surface area contributed by atoms with Gasteiger partial charge in [0.2, 0.25) is 0 Å². The van der Waals surface area contributed by atoms with Crippen molar-refractivity contribution < 1.29 is 4.68 Å². The zero-order chi connectivity index (χ0) is 13.6. The van der Waals surface area contributed by atoms with Gasteiger partial charge >= 0.3 is 5.95 Å². The predicted octanol–water partition coefficient (Wildman–Crippen LogP) is 2.47. The Morgan fingerprint density at radius 1 is 1.32 bits per heavy atom. The summed E-state index contributed by atoms with van der Waals surface area (Å²) in [5, 5.41) is 0. The van der Waals surface area contributed by atoms with Crippen LogP contribution in [0, 0.1) is 0 Å². The van der Waals surface area contributed by atoms with Crippen molar-refractivity contribution in [2.75, 3.05) is 10.7 Å². The largest absolute Gasteiger partial charge is 0.398 e. The monoisotopic (exact) mass is 275 g/mol. The molecule has 0 saturated heterocycles. The lowest BCUT2D eigenvalue weighted by Gasteiger charge is -2.27. The van der Waals surface area contributed by atoms with E-state index in [9.17, 15) is 0 Å². The van der Waals surface area contributed by atoms with Gasteiger partial charge in [-0.05, 0) is 26.0 Å². The molecule has 0 aliphatic carbocycles. The second-order valence-electron chi connectivity index (χ2n) is 4.99. The number of fused-ring (bicyclic) bond motifs is 2. The first-order chi connectivity index (χ1) is 9.13. The number of nitrogens with zero attached hydrogens (tertiary/aromatic N) is 3. The third kappa shape index (κ3) is 1.80. The molecule has 19 heavy (non-hydrogen) atoms. The van der Waals surface area contributed by atoms with Crippen LogP contribution < -0.4 is 15.4 Å². The maximum absolute atomic E-state index is 6.26. The molecule has 1 aliphatic rings. The number of benzene rings is 1. The van der Waals surface area contributed by atoms with Gasteiger partial charge in [-0.1, -0.05) is 19.1 Å². The Kier molecular flexibility index (Phi) is 2.93. The Morgan fingerprint density at radius 3 is 2.74 bits per heavy atom. The molecule has 100 valence electrons. The van der Waals surface area contributed by atoms with E-state index < -0.39 is 0 Å². The fourth-order valence-electron chi connectivity index (χ4n) is 2.50. The number of hydrogen-bond acceptors (Lipinski definition) is 3. The van der Waals surface area contributed by atoms with E-state index in [0.29, 0.717) is 6.04 Å². The first-order valence-corrected chi connectivity index (χ1v) is 7.38. The van der Waals surface area contributed by atoms with Crippen LogP contribution in [0.2, 0.25) is 0 Å². The van der Waals surface area contributed by atoms with E-state index >= 15 is 0 Å². The number of rotatable bonds is 2. The van der Waals surface area contributed by atoms with Crippen LogP contribution in [0.4, 0.5) is 11.6 Å². The van der Waals surface area contributed by atoms with Crippen LogP contribution in [0.3, 0.4) is 0 Å². The third-order valence-corrected chi connectivity index (χ3v) is 4.41. The Bertz CT molecular complexity index is 618. The van der Waals surface area contributed by atoms with Gasteiger partial charge in [0.1, 0.15) is 17.6 Å². The van der Waals surface area contributed by atoms with E-state index in [2.05, 4.69) is 60.1 Å². The molecule has 0 spiro atoms. The molecule has 1 aromatic carbocycles. The molecule has 0 unspecified atom stereocenters. The molecular formula is C14H19N4S+. The molecule has 5 heteroatoms. The van der Waals surface area contributed by atoms with Crippen LogP contribution in [-0.4, -0.2) is 10.0 Å². The Labute approximate surface area is 117 Å². The summed E-state index contributed by atoms with van der Waals surface area (Å²) in [4.78, 5) is 3.56. The SMILES string of the molecule is CCc1cn2c([n+]1N)N(C(C)C)c1ccccc1S2. The summed E-state index contributed by atoms with van der Waals surface area (Å²) >= 11 is 1.73. The average Bonchev–Trinajstić information content (AvgIpc) is 2.72. The van der Waals surface area contributed by atoms with Crippen molar-refractivity contribution in [1.82, 2.24) is 3.97 Å². The molecule has 3 rings (SSSR count). The molecule has 4 nitrogen and oxygen atoms in total. The number of aromatic nitrogens is 2. The number of nitrogen functional groups attached to an aromatic ring is 1. The second-order valence-corrected chi connectivity index (χ2v) is 6.01. The molecule has 0 atom stereocenters. The minimum absolute atomic E-state index is 0.357. The van der Waals surface area contributed by atoms with E-state index in [1.165, 1.54) is 10.6 Å². The maximum Gasteiger partial charge on any atom is 0.398 e. The van der Waals surface area contributed by atoms with Crippen molar-refractivity contribution in [2.24, 2.45) is 0 Å². The van der Waals surface area contributed by atoms with E-state index in [1.54, 1.807) is 11.9 Å². The van der Waals surface area contributed by atoms with Gasteiger partial charge in [-0.3, -0.25) is 5.84 Å². The normalized spacial score (nSPS) is 13.6. The topological polar surface area (TPSA) is 38.1 Å². The third-order valence-electron chi connectivity index (χ3n) is 3.40. The molecular weight excluding hydrogens is 256 g/mol. The zero-order valence-corrected chi connectivity index (χ0v) is 12.3. The van der Waals surface area contributed by atoms with Crippen LogP contribution >= 0.6 is 11.9 Å². The number of para-hydroxylation sites is 1. The van der Waals surface area contributed by atoms with Gasteiger partial charge in [-0.15, -0.1) is 4.68 Å². The fraction of sp³-hybridized carbons (Fsp3) is 0.357. The molecule has 0 saturated carbocycles. The number of hydrogen-bond donors (Lipinski definition) is 1. The Hall–Kier alpha value is -1.62. The zero-order valence-electron chi connectivity index (χ0n) is 11.5. The van der Waals surface area contributed by atoms with Crippen LogP contribution in [0.25, 0.3) is 0 Å². The molecule has 0 radical (unpaired) electrons. The summed E-state index contributed by atoms with van der Waals surface area (Å²) in [6.45, 7) is 6.51. The summed E-state index contributed by atoms with van der Waals surface area (Å²) in [7, 11) is 0. The molecule has 2 N–H and O–H groups in total. The van der Waals surface area contributed by atoms with Crippen LogP contribution in [0.5, 0.6) is 0 Å². The van der Waals surface area contributed by atoms with Crippen molar-refractivity contribution >= 4 is 23.6 Å². The van der Waals surface area contributed by atoms with Crippen molar-refractivity contribution in [1.29, 1.82) is 0 Å². The van der Waals surface area contributed by atoms with Crippen molar-refractivity contribution in [3.8, 4) is 0 Å². The smallest absolute Gasteiger partial charge is 0.289 e. The molecule has 1 aliphatic heterocycles. The number of aryl methyl sites for hydroxylation is 1. The molecule has 1 aromatic heterocycles. The maximum atomic E-state index is 6.26. The highest BCUT2D eigenvalue weighted by molar-refractivity contribution is 7.98. The number of nitrogens with two attached hydrogens (primary N) is 1. The van der Waals surface area contributed by atoms with Gasteiger partial charge in [0.15, 0.2) is 0 Å². The van der Waals surface area contributed by atoms with Crippen LogP contribution in [-0.2, 0) is 6.42 Å². The van der Waals surface area contributed by atoms with E-state index in [0.717, 1.165) is 18.1 Å². The van der Waals surface area contributed by atoms with Gasteiger partial charge < -0.3 is 0 Å². The number of imidazole rings is 1. The van der Waals surface area contributed by atoms with Crippen molar-refractivity contribution in [3.63, 3.8) is 0 Å². The second kappa shape index (κ2) is 4.49. The summed E-state index contributed by atoms with van der Waals surface area (Å²) < 4.78 is 3.98. The summed E-state index contributed by atoms with van der Waals surface area (Å²) in [6.07, 6.45) is 3.06. The molecule has 0 fully saturated rings. The van der Waals surface area contributed by atoms with E-state index in [1.807, 2.05) is 4.68 Å². The van der Waals surface area contributed by atoms with E-state index in [4.69, 9.17) is 5.84 Å². The average molecular weight is 275 g/mol. The van der Waals surface area contributed by atoms with Crippen LogP contribution in [0.15, 0.2) is 35.4 Å². The molecule has 0 amide bonds. The predicted molar refractivity (Wildman–Crippen MR) is 79.1 cm³/mol. The van der Waals surface area contributed by atoms with Crippen LogP contribution in [0.1, 0.15) is 26.5 Å². The number of anilines is 2. The van der Waals surface area contributed by atoms with Crippen molar-refractivity contribution in [3.05, 3.63) is 36.2 Å². The molecule has 0 bridgehead atoms. The quantitative estimate of drug-likeness (QED) is 0.676. The first-order valence-electron chi connectivity index (χ1n) is 6.61. The highest BCUT2D eigenvalue weighted by atomic mass is 32.2. The highest BCUT2D eigenvalue weighted by Crippen LogP contribution is 2.42. The van der Waals surface area contributed by atoms with Gasteiger partial charge in [0.25, 0.3) is 0 Å². The fourth-order valence-corrected chi connectivity index (χ4v) is 3.54. The summed E-state index contributed by atoms with van der Waals surface area (Å²) in [5.41, 5.74) is 2.37. The molecule has 2 heterocycles. The standard InChI is InChI=1S/C14H19N4S/c1-4-11-9-16-14(18(11)15)17(10(2)3)12-7-5-6-8-13(12)19-16/h5-10H,4,15H2,1-3H3/q+1. The summed E-state index contributed by atoms with van der Waals surface area (Å²) in [6, 6.07) is 8.83. The van der Waals surface area contributed by atoms with Gasteiger partial charge in [-0.25, -0.2) is 4.90 Å². The first kappa shape index (κ1) is 12.4. The van der Waals surface area contributed by atoms with Gasteiger partial charge in [0, 0.05) is 6.42 Å². The lowest BCUT2D eigenvalue weighted by atomic mass is 10.2. The Balaban J connectivity index is 2.22. The Morgan fingerprint density at radius 2 is 2.05 bits per heavy atom. The lowest BCUT2D eigenvalue weighted by Crippen LogP contribution is -2.52. The highest BCUT2D eigenvalue weighted by Gasteiger charge is 2.37. The lowest BCUT2D eigenvalue weighted by molar-refractivity contribution is -0.632. The minimum Gasteiger partial charge on any atom is -0.289 e. The van der Waals surface area contributed by atoms with Gasteiger partial charge in [0.05, 0.1) is 22.9 Å². The van der Waals surface area contributed by atoms with Gasteiger partial charge in [-0.2, -0.15) is 3.97 Å². The van der Waals surface area contributed by atoms with Crippen molar-refractivity contribution in [2.45, 2.75) is 38.1 Å². The molecule has 2 aromatic rings. The minimum atomic E-state index is 0.357.